The molecule has 0 heterocycles. The summed E-state index contributed by atoms with van der Waals surface area (Å²) >= 11 is 0. The lowest BCUT2D eigenvalue weighted by atomic mass is 9.60. The zero-order valence-electron chi connectivity index (χ0n) is 25.6. The van der Waals surface area contributed by atoms with Crippen LogP contribution in [-0.2, 0) is 4.79 Å². The summed E-state index contributed by atoms with van der Waals surface area (Å²) in [7, 11) is 0. The van der Waals surface area contributed by atoms with Gasteiger partial charge in [0.25, 0.3) is 0 Å². The molecule has 0 amide bonds. The van der Waals surface area contributed by atoms with Gasteiger partial charge in [-0.3, -0.25) is 0 Å². The third-order valence-corrected chi connectivity index (χ3v) is 10.2. The van der Waals surface area contributed by atoms with Crippen molar-refractivity contribution in [1.29, 1.82) is 0 Å². The predicted octanol–water partition coefficient (Wildman–Crippen LogP) is 6.64. The summed E-state index contributed by atoms with van der Waals surface area (Å²) < 4.78 is 5.71. The van der Waals surface area contributed by atoms with Gasteiger partial charge in [0.05, 0.1) is 6.61 Å². The first-order valence-corrected chi connectivity index (χ1v) is 15.5. The van der Waals surface area contributed by atoms with Crippen LogP contribution in [0.3, 0.4) is 0 Å². The number of aliphatic hydroxyl groups is 1. The number of carboxylic acid groups (broad SMARTS) is 1. The first-order chi connectivity index (χ1) is 20.1. The second-order valence-corrected chi connectivity index (χ2v) is 12.7. The second-order valence-electron chi connectivity index (χ2n) is 12.7. The van der Waals surface area contributed by atoms with Crippen LogP contribution in [0.5, 0.6) is 11.5 Å². The minimum Gasteiger partial charge on any atom is -0.504 e. The molecule has 42 heavy (non-hydrogen) atoms. The number of fused-ring (bicyclic) bond motifs is 1. The van der Waals surface area contributed by atoms with Gasteiger partial charge in [0, 0.05) is 30.1 Å². The molecule has 5 heteroatoms. The molecule has 4 rings (SSSR count). The summed E-state index contributed by atoms with van der Waals surface area (Å²) in [5.74, 6) is 1.06. The van der Waals surface area contributed by atoms with Crippen molar-refractivity contribution in [2.24, 2.45) is 23.2 Å². The van der Waals surface area contributed by atoms with E-state index in [0.717, 1.165) is 47.2 Å². The first-order valence-electron chi connectivity index (χ1n) is 15.5. The zero-order valence-corrected chi connectivity index (χ0v) is 25.6. The second kappa shape index (κ2) is 13.8. The molecule has 2 saturated carbocycles. The Morgan fingerprint density at radius 1 is 1.19 bits per heavy atom. The summed E-state index contributed by atoms with van der Waals surface area (Å²) in [6, 6.07) is 11.7. The Labute approximate surface area is 250 Å². The van der Waals surface area contributed by atoms with Gasteiger partial charge in [-0.05, 0) is 97.1 Å². The van der Waals surface area contributed by atoms with Crippen LogP contribution in [0.1, 0.15) is 82.3 Å². The number of aromatic hydroxyl groups is 1. The van der Waals surface area contributed by atoms with Gasteiger partial charge in [0.15, 0.2) is 11.5 Å². The monoisotopic (exact) mass is 572 g/mol. The van der Waals surface area contributed by atoms with Crippen LogP contribution in [0.2, 0.25) is 0 Å². The van der Waals surface area contributed by atoms with Crippen molar-refractivity contribution in [3.05, 3.63) is 81.8 Å². The fraction of sp³-hybridized carbons (Fsp3) is 0.486. The van der Waals surface area contributed by atoms with Gasteiger partial charge in [-0.2, -0.15) is 0 Å². The molecule has 0 spiro atoms. The average Bonchev–Trinajstić information content (AvgIpc) is 3.34. The molecule has 0 aliphatic heterocycles. The Hall–Kier alpha value is -3.31. The third-order valence-electron chi connectivity index (χ3n) is 10.2. The largest absolute Gasteiger partial charge is 0.504 e. The number of hydrogen-bond acceptors (Lipinski definition) is 4. The number of rotatable bonds is 12. The maximum atomic E-state index is 11.8. The van der Waals surface area contributed by atoms with Crippen LogP contribution in [0.4, 0.5) is 0 Å². The zero-order chi connectivity index (χ0) is 30.4. The minimum atomic E-state index is -0.916. The maximum absolute atomic E-state index is 11.8. The van der Waals surface area contributed by atoms with Gasteiger partial charge in [-0.15, -0.1) is 0 Å². The molecule has 2 aliphatic carbocycles. The summed E-state index contributed by atoms with van der Waals surface area (Å²) in [6.45, 7) is 15.3. The number of phenols is 1. The van der Waals surface area contributed by atoms with Gasteiger partial charge < -0.3 is 20.1 Å². The smallest absolute Gasteiger partial charge is 0.331 e. The van der Waals surface area contributed by atoms with Crippen LogP contribution in [0.15, 0.2) is 60.2 Å². The van der Waals surface area contributed by atoms with E-state index < -0.39 is 5.97 Å². The topological polar surface area (TPSA) is 87.0 Å². The summed E-state index contributed by atoms with van der Waals surface area (Å²) in [6.07, 6.45) is 12.5. The number of allylic oxidation sites excluding steroid dienone is 2. The number of ether oxygens (including phenoxy) is 1. The molecule has 3 N–H and O–H groups in total. The molecule has 0 bridgehead atoms. The lowest BCUT2D eigenvalue weighted by Crippen LogP contribution is -2.36. The third kappa shape index (κ3) is 6.67. The standard InChI is InChI=1S/C37H48O5/c1-24(14-17-31(27(4)36(40)41)28-11-7-6-8-12-28)32-18-19-33-29(13-9-20-37(32,33)5)15-16-30-23-34(39)35(26(3)25(30)2)42-22-10-21-38/h6-8,11-12,15-16,23-24,31-33,38-39H,2,4,9-10,13-14,17-22H2,1,3,5H3,(H,40,41)/b29-15+,30-16-/t24-,31+,32-,33+,37-/m1/s1. The highest BCUT2D eigenvalue weighted by Gasteiger charge is 2.50. The van der Waals surface area contributed by atoms with Gasteiger partial charge in [0.1, 0.15) is 0 Å². The van der Waals surface area contributed by atoms with Crippen LogP contribution < -0.4 is 15.2 Å². The Balaban J connectivity index is 1.51. The van der Waals surface area contributed by atoms with E-state index in [1.165, 1.54) is 24.8 Å². The molecule has 0 saturated heterocycles. The van der Waals surface area contributed by atoms with Crippen molar-refractivity contribution in [1.82, 2.24) is 0 Å². The molecule has 0 unspecified atom stereocenters. The number of aliphatic hydroxyl groups excluding tert-OH is 1. The van der Waals surface area contributed by atoms with Crippen molar-refractivity contribution in [2.45, 2.75) is 78.1 Å². The number of benzene rings is 2. The molecule has 2 aliphatic rings. The fourth-order valence-corrected chi connectivity index (χ4v) is 7.83. The molecule has 2 aromatic rings. The highest BCUT2D eigenvalue weighted by molar-refractivity contribution is 5.87. The molecular weight excluding hydrogens is 524 g/mol. The Morgan fingerprint density at radius 3 is 2.62 bits per heavy atom. The molecule has 0 radical (unpaired) electrons. The van der Waals surface area contributed by atoms with Crippen molar-refractivity contribution >= 4 is 18.6 Å². The van der Waals surface area contributed by atoms with Crippen LogP contribution in [0.25, 0.3) is 12.7 Å². The molecule has 226 valence electrons. The van der Waals surface area contributed by atoms with E-state index in [-0.39, 0.29) is 29.3 Å². The molecule has 2 aromatic carbocycles. The highest BCUT2D eigenvalue weighted by Crippen LogP contribution is 2.60. The van der Waals surface area contributed by atoms with Crippen molar-refractivity contribution in [2.75, 3.05) is 13.2 Å². The van der Waals surface area contributed by atoms with Gasteiger partial charge >= 0.3 is 5.97 Å². The summed E-state index contributed by atoms with van der Waals surface area (Å²) in [5, 5.41) is 31.1. The number of phenolic OH excluding ortho intramolecular Hbond substituents is 1. The molecule has 2 fully saturated rings. The lowest BCUT2D eigenvalue weighted by Gasteiger charge is -2.44. The van der Waals surface area contributed by atoms with Crippen molar-refractivity contribution in [3.8, 4) is 11.5 Å². The number of carbonyl (C=O) groups is 1. The van der Waals surface area contributed by atoms with Gasteiger partial charge in [-0.25, -0.2) is 4.79 Å². The number of hydrogen-bond donors (Lipinski definition) is 3. The summed E-state index contributed by atoms with van der Waals surface area (Å²) in [4.78, 5) is 11.8. The van der Waals surface area contributed by atoms with Gasteiger partial charge in [-0.1, -0.05) is 75.1 Å². The van der Waals surface area contributed by atoms with Crippen molar-refractivity contribution < 1.29 is 24.9 Å². The Bertz CT molecular complexity index is 1410. The predicted molar refractivity (Wildman–Crippen MR) is 170 cm³/mol. The lowest BCUT2D eigenvalue weighted by molar-refractivity contribution is -0.133. The molecule has 5 atom stereocenters. The van der Waals surface area contributed by atoms with E-state index in [4.69, 9.17) is 9.84 Å². The van der Waals surface area contributed by atoms with E-state index in [1.54, 1.807) is 6.07 Å². The minimum absolute atomic E-state index is 0.0465. The Kier molecular flexibility index (Phi) is 10.4. The Morgan fingerprint density at radius 2 is 1.93 bits per heavy atom. The van der Waals surface area contributed by atoms with Gasteiger partial charge in [0.2, 0.25) is 0 Å². The fourth-order valence-electron chi connectivity index (χ4n) is 7.83. The van der Waals surface area contributed by atoms with Crippen molar-refractivity contribution in [3.63, 3.8) is 0 Å². The van der Waals surface area contributed by atoms with E-state index in [2.05, 4.69) is 39.2 Å². The van der Waals surface area contributed by atoms with E-state index in [9.17, 15) is 15.0 Å². The molecule has 0 aromatic heterocycles. The molecular formula is C37H48O5. The number of carboxylic acids is 1. The van der Waals surface area contributed by atoms with E-state index in [1.807, 2.05) is 37.3 Å². The normalized spacial score (nSPS) is 24.8. The maximum Gasteiger partial charge on any atom is 0.331 e. The highest BCUT2D eigenvalue weighted by atomic mass is 16.5. The first kappa shape index (κ1) is 31.6. The average molecular weight is 573 g/mol. The van der Waals surface area contributed by atoms with E-state index >= 15 is 0 Å². The van der Waals surface area contributed by atoms with E-state index in [0.29, 0.717) is 36.5 Å². The molecule has 5 nitrogen and oxygen atoms in total. The van der Waals surface area contributed by atoms with Crippen LogP contribution in [-0.4, -0.2) is 34.5 Å². The van der Waals surface area contributed by atoms with Crippen LogP contribution in [0, 0.1) is 30.1 Å². The summed E-state index contributed by atoms with van der Waals surface area (Å²) in [5.41, 5.74) is 3.83. The van der Waals surface area contributed by atoms with Crippen LogP contribution >= 0.6 is 0 Å². The SMILES string of the molecule is C=C(C(=O)O)[C@H](CC[C@@H](C)[C@H]1CC[C@H]2/C(=C/C=c3/cc(O)c(OCCCO)c(C)c3=C)CCC[C@]12C)c1ccccc1. The number of aliphatic carboxylic acids is 1. The quantitative estimate of drug-likeness (QED) is 0.196.